The topological polar surface area (TPSA) is 168 Å². The second-order valence-corrected chi connectivity index (χ2v) is 8.57. The van der Waals surface area contributed by atoms with E-state index in [2.05, 4.69) is 19.5 Å². The number of carbonyl (C=O) groups excluding carboxylic acids is 1. The summed E-state index contributed by atoms with van der Waals surface area (Å²) in [4.78, 5) is 17.8. The number of nitrogens with two attached hydrogens (primary N) is 2. The monoisotopic (exact) mass is 504 g/mol. The van der Waals surface area contributed by atoms with Crippen LogP contribution >= 0.6 is 11.3 Å². The number of alkyl halides is 3. The van der Waals surface area contributed by atoms with Crippen LogP contribution in [0, 0.1) is 11.3 Å². The quantitative estimate of drug-likeness (QED) is 0.307. The summed E-state index contributed by atoms with van der Waals surface area (Å²) in [5, 5.41) is 25.8. The first-order valence-corrected chi connectivity index (χ1v) is 10.7. The van der Waals surface area contributed by atoms with Crippen LogP contribution in [0.5, 0.6) is 11.7 Å². The maximum Gasteiger partial charge on any atom is 0.573 e. The van der Waals surface area contributed by atoms with Gasteiger partial charge >= 0.3 is 12.1 Å². The number of thiophene rings is 1. The van der Waals surface area contributed by atoms with E-state index in [9.17, 15) is 28.3 Å². The normalized spacial score (nSPS) is 11.7. The van der Waals surface area contributed by atoms with E-state index in [1.807, 2.05) is 19.9 Å². The predicted molar refractivity (Wildman–Crippen MR) is 115 cm³/mol. The lowest BCUT2D eigenvalue weighted by Crippen LogP contribution is -2.39. The predicted octanol–water partition coefficient (Wildman–Crippen LogP) is 2.92. The van der Waals surface area contributed by atoms with Crippen molar-refractivity contribution in [3.63, 3.8) is 0 Å². The van der Waals surface area contributed by atoms with Gasteiger partial charge in [0.05, 0.1) is 16.5 Å². The maximum atomic E-state index is 13.4. The Morgan fingerprint density at radius 3 is 2.51 bits per heavy atom. The van der Waals surface area contributed by atoms with Crippen molar-refractivity contribution in [2.75, 3.05) is 11.5 Å². The van der Waals surface area contributed by atoms with Crippen LogP contribution in [-0.2, 0) is 0 Å². The molecule has 0 aliphatic carbocycles. The van der Waals surface area contributed by atoms with Crippen LogP contribution < -0.4 is 26.0 Å². The molecule has 180 valence electrons. The van der Waals surface area contributed by atoms with E-state index in [0.717, 1.165) is 40.3 Å². The molecule has 4 aromatic rings. The zero-order chi connectivity index (χ0) is 25.7. The summed E-state index contributed by atoms with van der Waals surface area (Å²) in [5.41, 5.74) is 12.4. The molecule has 0 atom stereocenters. The second kappa shape index (κ2) is 8.44. The Balaban J connectivity index is 1.83. The van der Waals surface area contributed by atoms with Gasteiger partial charge in [-0.2, -0.15) is 5.26 Å². The summed E-state index contributed by atoms with van der Waals surface area (Å²) in [6.45, 7) is 3.65. The number of nitrogen functional groups attached to an aromatic ring is 2. The zero-order valence-corrected chi connectivity index (χ0v) is 18.8. The molecule has 0 unspecified atom stereocenters. The van der Waals surface area contributed by atoms with Gasteiger partial charge < -0.3 is 25.8 Å². The van der Waals surface area contributed by atoms with Crippen molar-refractivity contribution in [1.29, 1.82) is 5.26 Å². The minimum absolute atomic E-state index is 0.00350. The van der Waals surface area contributed by atoms with Gasteiger partial charge in [0.1, 0.15) is 27.3 Å². The number of hydrogen-bond donors (Lipinski definition) is 2. The molecule has 14 heteroatoms. The number of nitriles is 1. The Labute approximate surface area is 198 Å². The molecule has 0 radical (unpaired) electrons. The number of rotatable bonds is 5. The summed E-state index contributed by atoms with van der Waals surface area (Å²) in [6, 6.07) is 6.30. The number of carbonyl (C=O) groups is 1. The number of aromatic nitrogens is 3. The van der Waals surface area contributed by atoms with Crippen molar-refractivity contribution in [3.05, 3.63) is 46.0 Å². The fraction of sp³-hybridized carbons (Fsp3) is 0.190. The number of anilines is 2. The van der Waals surface area contributed by atoms with Gasteiger partial charge in [0.15, 0.2) is 5.95 Å². The standard InChI is InChI=1S/C21H15F3N6O4S/c1-8(2)12-11(7-25)18(27)28-19-13(12)14(26)17(35-19)16(31)15-20(32)34-29-30(15)9-3-5-10(6-4-9)33-21(22,23)24/h3-6,8H,1-2H3,(H4-,26,27,28,29,31,32). The van der Waals surface area contributed by atoms with Crippen LogP contribution in [0.2, 0.25) is 0 Å². The molecule has 3 aromatic heterocycles. The molecule has 0 amide bonds. The van der Waals surface area contributed by atoms with Crippen LogP contribution in [0.25, 0.3) is 15.9 Å². The number of pyridine rings is 1. The second-order valence-electron chi connectivity index (χ2n) is 7.57. The van der Waals surface area contributed by atoms with Crippen LogP contribution in [0.3, 0.4) is 0 Å². The van der Waals surface area contributed by atoms with E-state index >= 15 is 0 Å². The molecule has 4 N–H and O–H groups in total. The molecule has 10 nitrogen and oxygen atoms in total. The number of halogens is 3. The lowest BCUT2D eigenvalue weighted by molar-refractivity contribution is -0.672. The van der Waals surface area contributed by atoms with Gasteiger partial charge in [0.25, 0.3) is 5.78 Å². The molecule has 0 saturated carbocycles. The highest BCUT2D eigenvalue weighted by Gasteiger charge is 2.34. The SMILES string of the molecule is CC(C)c1c(C#N)c(N)nc2sc(C(=O)c3c([O-])on[n+]3-c3ccc(OC(F)(F)F)cc3)c(N)c12. The Kier molecular flexibility index (Phi) is 5.73. The average molecular weight is 504 g/mol. The minimum Gasteiger partial charge on any atom is -0.539 e. The summed E-state index contributed by atoms with van der Waals surface area (Å²) in [5.74, 6) is -2.65. The van der Waals surface area contributed by atoms with Gasteiger partial charge in [-0.3, -0.25) is 4.79 Å². The van der Waals surface area contributed by atoms with Crippen LogP contribution in [0.4, 0.5) is 24.7 Å². The Morgan fingerprint density at radius 2 is 1.94 bits per heavy atom. The molecule has 1 aromatic carbocycles. The minimum atomic E-state index is -4.89. The maximum absolute atomic E-state index is 13.4. The molecular formula is C21H15F3N6O4S. The van der Waals surface area contributed by atoms with Crippen LogP contribution in [0.1, 0.15) is 46.3 Å². The fourth-order valence-corrected chi connectivity index (χ4v) is 4.63. The summed E-state index contributed by atoms with van der Waals surface area (Å²) in [7, 11) is 0. The first-order chi connectivity index (χ1) is 16.4. The summed E-state index contributed by atoms with van der Waals surface area (Å²) >= 11 is 0.875. The van der Waals surface area contributed by atoms with E-state index in [1.54, 1.807) is 0 Å². The average Bonchev–Trinajstić information content (AvgIpc) is 3.31. The molecule has 0 fully saturated rings. The Bertz CT molecular complexity index is 1500. The molecule has 3 heterocycles. The number of nitrogens with zero attached hydrogens (tertiary/aromatic N) is 4. The van der Waals surface area contributed by atoms with Crippen LogP contribution in [-0.4, -0.2) is 22.4 Å². The smallest absolute Gasteiger partial charge is 0.539 e. The highest BCUT2D eigenvalue weighted by atomic mass is 32.1. The van der Waals surface area contributed by atoms with Crippen molar-refractivity contribution in [2.24, 2.45) is 0 Å². The van der Waals surface area contributed by atoms with E-state index in [0.29, 0.717) is 15.8 Å². The first kappa shape index (κ1) is 23.8. The Morgan fingerprint density at radius 1 is 1.29 bits per heavy atom. The van der Waals surface area contributed by atoms with Crippen molar-refractivity contribution >= 4 is 38.8 Å². The largest absolute Gasteiger partial charge is 0.573 e. The van der Waals surface area contributed by atoms with Crippen molar-refractivity contribution in [1.82, 2.24) is 10.3 Å². The van der Waals surface area contributed by atoms with Gasteiger partial charge in [-0.1, -0.05) is 13.8 Å². The zero-order valence-electron chi connectivity index (χ0n) is 18.0. The molecule has 0 bridgehead atoms. The molecule has 0 aliphatic rings. The molecular weight excluding hydrogens is 489 g/mol. The first-order valence-electron chi connectivity index (χ1n) is 9.84. The number of ketones is 1. The lowest BCUT2D eigenvalue weighted by atomic mass is 9.94. The van der Waals surface area contributed by atoms with Gasteiger partial charge in [0.2, 0.25) is 5.69 Å². The molecule has 0 aliphatic heterocycles. The summed E-state index contributed by atoms with van der Waals surface area (Å²) < 4.78 is 46.6. The van der Waals surface area contributed by atoms with E-state index in [4.69, 9.17) is 11.5 Å². The van der Waals surface area contributed by atoms with Crippen molar-refractivity contribution in [2.45, 2.75) is 26.1 Å². The Hall–Kier alpha value is -4.38. The molecule has 35 heavy (non-hydrogen) atoms. The van der Waals surface area contributed by atoms with E-state index < -0.39 is 29.5 Å². The fourth-order valence-electron chi connectivity index (χ4n) is 3.57. The molecule has 0 spiro atoms. The van der Waals surface area contributed by atoms with Gasteiger partial charge in [-0.05, 0) is 28.3 Å². The summed E-state index contributed by atoms with van der Waals surface area (Å²) in [6.07, 6.45) is -4.89. The van der Waals surface area contributed by atoms with Gasteiger partial charge in [0, 0.05) is 17.5 Å². The van der Waals surface area contributed by atoms with Gasteiger partial charge in [-0.15, -0.1) is 24.5 Å². The number of benzene rings is 1. The third-order valence-electron chi connectivity index (χ3n) is 4.98. The lowest BCUT2D eigenvalue weighted by Gasteiger charge is -2.12. The van der Waals surface area contributed by atoms with E-state index in [-0.39, 0.29) is 33.6 Å². The number of fused-ring (bicyclic) bond motifs is 1. The molecule has 0 saturated heterocycles. The highest BCUT2D eigenvalue weighted by molar-refractivity contribution is 7.21. The number of hydrogen-bond acceptors (Lipinski definition) is 10. The van der Waals surface area contributed by atoms with Gasteiger partial charge in [-0.25, -0.2) is 4.98 Å². The third-order valence-corrected chi connectivity index (χ3v) is 6.08. The third kappa shape index (κ3) is 4.17. The van der Waals surface area contributed by atoms with Crippen LogP contribution in [0.15, 0.2) is 28.8 Å². The van der Waals surface area contributed by atoms with Crippen molar-refractivity contribution < 1.29 is 37.0 Å². The van der Waals surface area contributed by atoms with E-state index in [1.165, 1.54) is 0 Å². The highest BCUT2D eigenvalue weighted by Crippen LogP contribution is 2.41. The molecule has 4 rings (SSSR count). The number of ether oxygens (including phenoxy) is 1. The van der Waals surface area contributed by atoms with Crippen molar-refractivity contribution in [3.8, 4) is 23.5 Å².